The zero-order valence-electron chi connectivity index (χ0n) is 43.8. The van der Waals surface area contributed by atoms with Gasteiger partial charge in [-0.25, -0.2) is 4.79 Å². The van der Waals surface area contributed by atoms with E-state index < -0.39 is 175 Å². The van der Waals surface area contributed by atoms with Crippen molar-refractivity contribution in [2.45, 2.75) is 159 Å². The Kier molecular flexibility index (Phi) is 27.3. The number of aromatic amines is 1. The summed E-state index contributed by atoms with van der Waals surface area (Å²) in [5.41, 5.74) is 28.5. The maximum atomic E-state index is 14.1. The number of nitrogens with one attached hydrogen (secondary N) is 9. The summed E-state index contributed by atoms with van der Waals surface area (Å²) in [6.07, 6.45) is -3.44. The maximum Gasteiger partial charge on any atom is 0.326 e. The molecule has 0 fully saturated rings. The van der Waals surface area contributed by atoms with Crippen LogP contribution < -0.4 is 71.2 Å². The second-order valence-corrected chi connectivity index (χ2v) is 18.9. The summed E-state index contributed by atoms with van der Waals surface area (Å²) in [7, 11) is 0. The molecule has 2 aromatic rings. The Bertz CT molecular complexity index is 2480. The van der Waals surface area contributed by atoms with Crippen LogP contribution in [0.2, 0.25) is 0 Å². The number of primary amides is 3. The first-order valence-corrected chi connectivity index (χ1v) is 25.0. The van der Waals surface area contributed by atoms with E-state index in [2.05, 4.69) is 47.5 Å². The first kappa shape index (κ1) is 65.9. The number of unbranched alkanes of at least 4 members (excludes halogenated alkanes) is 1. The maximum absolute atomic E-state index is 14.1. The van der Waals surface area contributed by atoms with Crippen LogP contribution in [0.15, 0.2) is 30.5 Å². The Morgan fingerprint density at radius 3 is 1.56 bits per heavy atom. The van der Waals surface area contributed by atoms with Crippen molar-refractivity contribution in [2.24, 2.45) is 34.6 Å². The van der Waals surface area contributed by atoms with Gasteiger partial charge in [0.1, 0.15) is 48.3 Å². The topological polar surface area (TPSA) is 525 Å². The number of carboxylic acid groups (broad SMARTS) is 2. The van der Waals surface area contributed by atoms with Gasteiger partial charge in [0.15, 0.2) is 0 Å². The van der Waals surface area contributed by atoms with E-state index in [4.69, 9.17) is 28.7 Å². The second kappa shape index (κ2) is 32.4. The molecule has 0 unspecified atom stereocenters. The van der Waals surface area contributed by atoms with E-state index in [0.717, 1.165) is 6.92 Å². The number of aliphatic carboxylic acids is 2. The van der Waals surface area contributed by atoms with Crippen molar-refractivity contribution in [3.63, 3.8) is 0 Å². The number of rotatable bonds is 36. The normalized spacial score (nSPS) is 15.0. The fourth-order valence-corrected chi connectivity index (χ4v) is 7.61. The van der Waals surface area contributed by atoms with E-state index in [1.54, 1.807) is 30.5 Å². The number of hydrogen-bond acceptors (Lipinski definition) is 16. The van der Waals surface area contributed by atoms with Crippen LogP contribution in [0, 0.1) is 5.92 Å². The zero-order chi connectivity index (χ0) is 59.0. The number of hydrogen-bond donors (Lipinski definition) is 17. The SMILES string of the molecule is CC(C)[C@H](NC(=O)[C@H](CCC(=O)O)NC(=O)[C@H](CCC(N)=O)NC(=O)[C@@H](NC(=O)[C@H](C)NC(=O)[C@@H](N)CCC(N)=O)[C@@H](C)O)C(=O)N[C@@H](CCCCN)C(=O)N[C@@H](CC(N)=O)C(=O)N[C@@H](Cc1c[nH]c2ccccc12)C(=O)O. The molecule has 2 rings (SSSR count). The number of carboxylic acids is 2. The summed E-state index contributed by atoms with van der Waals surface area (Å²) in [5, 5.41) is 49.5. The van der Waals surface area contributed by atoms with Crippen molar-refractivity contribution < 1.29 is 77.6 Å². The summed E-state index contributed by atoms with van der Waals surface area (Å²) in [6.45, 7) is 5.46. The van der Waals surface area contributed by atoms with Crippen LogP contribution in [-0.2, 0) is 68.7 Å². The Labute approximate surface area is 448 Å². The Morgan fingerprint density at radius 2 is 1.03 bits per heavy atom. The average molecular weight is 1100 g/mol. The molecule has 0 aliphatic rings. The van der Waals surface area contributed by atoms with Crippen molar-refractivity contribution >= 4 is 87.8 Å². The van der Waals surface area contributed by atoms with Crippen LogP contribution in [0.4, 0.5) is 0 Å². The standard InChI is InChI=1S/C48H74N14O16/c1-22(2)38(46(75)57-29(11-7-8-18-49)42(71)59-32(20-36(53)66)45(74)60-33(48(77)78)19-25-21-54-28-10-6-5-9-26(25)28)61-44(73)31(14-17-37(67)68)56-43(72)30(13-16-35(52)65)58-47(76)39(24(4)63)62-40(69)23(3)55-41(70)27(50)12-15-34(51)64/h5-6,9-10,21-24,27,29-33,38-39,54,63H,7-8,11-20,49-50H2,1-4H3,(H2,51,64)(H2,52,65)(H2,53,66)(H,55,70)(H,56,72)(H,57,75)(H,58,76)(H,59,71)(H,60,74)(H,61,73)(H,62,69)(H,67,68)(H,77,78)/t23-,24+,27-,29-,30-,31-,32-,33-,38-,39-/m0/s1. The third kappa shape index (κ3) is 22.5. The van der Waals surface area contributed by atoms with E-state index in [9.17, 15) is 77.6 Å². The summed E-state index contributed by atoms with van der Waals surface area (Å²) in [6, 6.07) is -7.25. The highest BCUT2D eigenvalue weighted by atomic mass is 16.4. The monoisotopic (exact) mass is 1100 g/mol. The first-order chi connectivity index (χ1) is 36.6. The van der Waals surface area contributed by atoms with Gasteiger partial charge >= 0.3 is 11.9 Å². The summed E-state index contributed by atoms with van der Waals surface area (Å²) in [5.74, 6) is -14.9. The van der Waals surface area contributed by atoms with Gasteiger partial charge in [-0.05, 0) is 76.5 Å². The van der Waals surface area contributed by atoms with Gasteiger partial charge in [-0.3, -0.25) is 57.5 Å². The quantitative estimate of drug-likeness (QED) is 0.0283. The van der Waals surface area contributed by atoms with Crippen LogP contribution >= 0.6 is 0 Å². The van der Waals surface area contributed by atoms with E-state index in [0.29, 0.717) is 22.9 Å². The molecule has 0 saturated heterocycles. The van der Waals surface area contributed by atoms with Crippen LogP contribution in [0.5, 0.6) is 0 Å². The fourth-order valence-electron chi connectivity index (χ4n) is 7.61. The van der Waals surface area contributed by atoms with Crippen LogP contribution in [0.1, 0.15) is 97.5 Å². The number of H-pyrrole nitrogens is 1. The molecule has 78 heavy (non-hydrogen) atoms. The summed E-state index contributed by atoms with van der Waals surface area (Å²) in [4.78, 5) is 171. The van der Waals surface area contributed by atoms with E-state index in [-0.39, 0.29) is 38.6 Å². The van der Waals surface area contributed by atoms with Crippen molar-refractivity contribution in [1.82, 2.24) is 47.5 Å². The lowest BCUT2D eigenvalue weighted by Gasteiger charge is -2.29. The number of aliphatic hydroxyl groups excluding tert-OH is 1. The molecule has 0 bridgehead atoms. The smallest absolute Gasteiger partial charge is 0.326 e. The number of aromatic nitrogens is 1. The molecule has 11 amide bonds. The molecular formula is C48H74N14O16. The minimum absolute atomic E-state index is 0.115. The van der Waals surface area contributed by atoms with Crippen molar-refractivity contribution in [3.8, 4) is 0 Å². The van der Waals surface area contributed by atoms with E-state index in [1.807, 2.05) is 0 Å². The molecule has 10 atom stereocenters. The predicted octanol–water partition coefficient (Wildman–Crippen LogP) is -5.54. The highest BCUT2D eigenvalue weighted by Gasteiger charge is 2.37. The molecule has 22 N–H and O–H groups in total. The van der Waals surface area contributed by atoms with Crippen LogP contribution in [0.3, 0.4) is 0 Å². The lowest BCUT2D eigenvalue weighted by atomic mass is 10.00. The predicted molar refractivity (Wildman–Crippen MR) is 276 cm³/mol. The molecule has 30 nitrogen and oxygen atoms in total. The van der Waals surface area contributed by atoms with Crippen LogP contribution in [0.25, 0.3) is 10.9 Å². The van der Waals surface area contributed by atoms with Crippen LogP contribution in [-0.4, -0.2) is 164 Å². The average Bonchev–Trinajstić information content (AvgIpc) is 3.77. The molecular weight excluding hydrogens is 1030 g/mol. The lowest BCUT2D eigenvalue weighted by Crippen LogP contribution is -2.62. The lowest BCUT2D eigenvalue weighted by molar-refractivity contribution is -0.142. The van der Waals surface area contributed by atoms with Gasteiger partial charge in [0.05, 0.1) is 18.6 Å². The number of nitrogens with two attached hydrogens (primary N) is 5. The minimum atomic E-state index is -1.82. The molecule has 1 aromatic heterocycles. The van der Waals surface area contributed by atoms with Gasteiger partial charge in [-0.1, -0.05) is 32.0 Å². The van der Waals surface area contributed by atoms with Gasteiger partial charge in [-0.2, -0.15) is 0 Å². The molecule has 0 aliphatic heterocycles. The largest absolute Gasteiger partial charge is 0.481 e. The molecule has 432 valence electrons. The highest BCUT2D eigenvalue weighted by molar-refractivity contribution is 5.99. The van der Waals surface area contributed by atoms with E-state index in [1.165, 1.54) is 20.8 Å². The van der Waals surface area contributed by atoms with Gasteiger partial charge in [0.25, 0.3) is 0 Å². The number of para-hydroxylation sites is 1. The number of carbonyl (C=O) groups is 13. The number of amides is 11. The van der Waals surface area contributed by atoms with Crippen molar-refractivity contribution in [2.75, 3.05) is 6.54 Å². The van der Waals surface area contributed by atoms with E-state index >= 15 is 0 Å². The number of carbonyl (C=O) groups excluding carboxylic acids is 11. The van der Waals surface area contributed by atoms with Crippen molar-refractivity contribution in [3.05, 3.63) is 36.0 Å². The number of benzene rings is 1. The number of aliphatic hydroxyl groups is 1. The summed E-state index contributed by atoms with van der Waals surface area (Å²) < 4.78 is 0. The molecule has 1 aromatic carbocycles. The van der Waals surface area contributed by atoms with Crippen molar-refractivity contribution in [1.29, 1.82) is 0 Å². The molecule has 0 radical (unpaired) electrons. The first-order valence-electron chi connectivity index (χ1n) is 25.0. The zero-order valence-corrected chi connectivity index (χ0v) is 43.8. The minimum Gasteiger partial charge on any atom is -0.481 e. The molecule has 0 spiro atoms. The Hall–Kier alpha value is -8.25. The fraction of sp³-hybridized carbons (Fsp3) is 0.562. The third-order valence-electron chi connectivity index (χ3n) is 12.0. The number of fused-ring (bicyclic) bond motifs is 1. The Morgan fingerprint density at radius 1 is 0.538 bits per heavy atom. The van der Waals surface area contributed by atoms with Gasteiger partial charge < -0.3 is 91.5 Å². The second-order valence-electron chi connectivity index (χ2n) is 18.9. The molecule has 0 saturated carbocycles. The third-order valence-corrected chi connectivity index (χ3v) is 12.0. The van der Waals surface area contributed by atoms with Gasteiger partial charge in [0, 0.05) is 42.8 Å². The Balaban J connectivity index is 2.36. The highest BCUT2D eigenvalue weighted by Crippen LogP contribution is 2.19. The van der Waals surface area contributed by atoms with Gasteiger partial charge in [-0.15, -0.1) is 0 Å². The summed E-state index contributed by atoms with van der Waals surface area (Å²) >= 11 is 0. The molecule has 1 heterocycles. The molecule has 0 aliphatic carbocycles. The molecule has 30 heteroatoms. The van der Waals surface area contributed by atoms with Gasteiger partial charge in [0.2, 0.25) is 65.0 Å².